The minimum atomic E-state index is -3.89. The summed E-state index contributed by atoms with van der Waals surface area (Å²) in [6.45, 7) is 1.64. The van der Waals surface area contributed by atoms with Gasteiger partial charge in [0.2, 0.25) is 10.0 Å². The topological polar surface area (TPSA) is 74.7 Å². The van der Waals surface area contributed by atoms with Gasteiger partial charge < -0.3 is 5.11 Å². The first-order valence-electron chi connectivity index (χ1n) is 5.85. The molecule has 1 aromatic carbocycles. The fourth-order valence-corrected chi connectivity index (χ4v) is 3.92. The van der Waals surface area contributed by atoms with Crippen LogP contribution in [0, 0.1) is 12.7 Å². The largest absolute Gasteiger partial charge is 0.480 e. The molecule has 0 aliphatic carbocycles. The third-order valence-corrected chi connectivity index (χ3v) is 5.13. The third-order valence-electron chi connectivity index (χ3n) is 3.22. The number of aryl methyl sites for hydroxylation is 1. The van der Waals surface area contributed by atoms with Crippen LogP contribution in [0.1, 0.15) is 18.4 Å². The molecule has 1 N–H and O–H groups in total. The highest BCUT2D eigenvalue weighted by molar-refractivity contribution is 7.89. The van der Waals surface area contributed by atoms with Crippen molar-refractivity contribution in [2.45, 2.75) is 30.7 Å². The van der Waals surface area contributed by atoms with Crippen LogP contribution in [0.4, 0.5) is 4.39 Å². The van der Waals surface area contributed by atoms with E-state index in [9.17, 15) is 17.6 Å². The van der Waals surface area contributed by atoms with Gasteiger partial charge in [0.05, 0.1) is 4.90 Å². The average molecular weight is 287 g/mol. The van der Waals surface area contributed by atoms with Gasteiger partial charge >= 0.3 is 5.97 Å². The van der Waals surface area contributed by atoms with E-state index in [2.05, 4.69) is 0 Å². The van der Waals surface area contributed by atoms with Gasteiger partial charge in [-0.1, -0.05) is 0 Å². The van der Waals surface area contributed by atoms with Crippen molar-refractivity contribution in [1.29, 1.82) is 0 Å². The summed E-state index contributed by atoms with van der Waals surface area (Å²) >= 11 is 0. The van der Waals surface area contributed by atoms with Gasteiger partial charge in [0, 0.05) is 6.54 Å². The minimum absolute atomic E-state index is 0.0699. The van der Waals surface area contributed by atoms with Gasteiger partial charge in [0.15, 0.2) is 0 Å². The Bertz CT molecular complexity index is 614. The second-order valence-electron chi connectivity index (χ2n) is 4.52. The minimum Gasteiger partial charge on any atom is -0.480 e. The number of carboxylic acid groups (broad SMARTS) is 1. The molecule has 104 valence electrons. The summed E-state index contributed by atoms with van der Waals surface area (Å²) in [7, 11) is -3.89. The number of sulfonamides is 1. The number of carbonyl (C=O) groups is 1. The Morgan fingerprint density at radius 3 is 2.74 bits per heavy atom. The SMILES string of the molecule is Cc1cc(S(=O)(=O)N2CCC[C@@H]2C(=O)O)ccc1F. The molecule has 2 rings (SSSR count). The molecule has 1 heterocycles. The first-order valence-corrected chi connectivity index (χ1v) is 7.29. The molecule has 0 aromatic heterocycles. The lowest BCUT2D eigenvalue weighted by molar-refractivity contribution is -0.140. The van der Waals surface area contributed by atoms with Crippen molar-refractivity contribution < 1.29 is 22.7 Å². The van der Waals surface area contributed by atoms with Crippen molar-refractivity contribution in [3.05, 3.63) is 29.6 Å². The number of aliphatic carboxylic acids is 1. The van der Waals surface area contributed by atoms with Gasteiger partial charge in [-0.2, -0.15) is 4.31 Å². The van der Waals surface area contributed by atoms with Gasteiger partial charge in [0.1, 0.15) is 11.9 Å². The van der Waals surface area contributed by atoms with Crippen LogP contribution in [0.25, 0.3) is 0 Å². The molecule has 0 bridgehead atoms. The Balaban J connectivity index is 2.42. The van der Waals surface area contributed by atoms with E-state index < -0.39 is 27.9 Å². The lowest BCUT2D eigenvalue weighted by Crippen LogP contribution is -2.40. The van der Waals surface area contributed by atoms with E-state index >= 15 is 0 Å². The van der Waals surface area contributed by atoms with Crippen LogP contribution in [0.5, 0.6) is 0 Å². The quantitative estimate of drug-likeness (QED) is 0.911. The zero-order valence-corrected chi connectivity index (χ0v) is 11.2. The fraction of sp³-hybridized carbons (Fsp3) is 0.417. The molecule has 0 radical (unpaired) electrons. The van der Waals surface area contributed by atoms with Crippen molar-refractivity contribution in [1.82, 2.24) is 4.31 Å². The standard InChI is InChI=1S/C12H14FNO4S/c1-8-7-9(4-5-10(8)13)19(17,18)14-6-2-3-11(14)12(15)16/h4-5,7,11H,2-3,6H2,1H3,(H,15,16)/t11-/m1/s1. The van der Waals surface area contributed by atoms with Crippen molar-refractivity contribution >= 4 is 16.0 Å². The summed E-state index contributed by atoms with van der Waals surface area (Å²) < 4.78 is 38.8. The predicted molar refractivity (Wildman–Crippen MR) is 65.7 cm³/mol. The van der Waals surface area contributed by atoms with Crippen LogP contribution in [0.3, 0.4) is 0 Å². The Hall–Kier alpha value is -1.47. The highest BCUT2D eigenvalue weighted by Gasteiger charge is 2.39. The van der Waals surface area contributed by atoms with Crippen molar-refractivity contribution in [2.75, 3.05) is 6.54 Å². The van der Waals surface area contributed by atoms with E-state index in [1.165, 1.54) is 13.0 Å². The Morgan fingerprint density at radius 2 is 2.16 bits per heavy atom. The van der Waals surface area contributed by atoms with Crippen LogP contribution in [-0.2, 0) is 14.8 Å². The summed E-state index contributed by atoms with van der Waals surface area (Å²) in [5.74, 6) is -1.64. The lowest BCUT2D eigenvalue weighted by Gasteiger charge is -2.21. The Kier molecular flexibility index (Phi) is 3.60. The summed E-state index contributed by atoms with van der Waals surface area (Å²) in [6, 6.07) is 2.43. The molecule has 0 saturated carbocycles. The highest BCUT2D eigenvalue weighted by Crippen LogP contribution is 2.27. The van der Waals surface area contributed by atoms with E-state index in [-0.39, 0.29) is 17.0 Å². The van der Waals surface area contributed by atoms with Crippen molar-refractivity contribution in [3.8, 4) is 0 Å². The van der Waals surface area contributed by atoms with E-state index in [0.717, 1.165) is 16.4 Å². The second-order valence-corrected chi connectivity index (χ2v) is 6.41. The van der Waals surface area contributed by atoms with Crippen LogP contribution in [0.15, 0.2) is 23.1 Å². The molecule has 1 aliphatic heterocycles. The Labute approximate surface area is 110 Å². The van der Waals surface area contributed by atoms with Gasteiger partial charge in [-0.15, -0.1) is 0 Å². The third kappa shape index (κ3) is 2.48. The van der Waals surface area contributed by atoms with Crippen LogP contribution in [-0.4, -0.2) is 36.4 Å². The number of carboxylic acids is 1. The van der Waals surface area contributed by atoms with Gasteiger partial charge in [-0.3, -0.25) is 4.79 Å². The number of nitrogens with zero attached hydrogens (tertiary/aromatic N) is 1. The average Bonchev–Trinajstić information content (AvgIpc) is 2.82. The molecule has 1 fully saturated rings. The van der Waals surface area contributed by atoms with Crippen molar-refractivity contribution in [2.24, 2.45) is 0 Å². The number of benzene rings is 1. The van der Waals surface area contributed by atoms with Gasteiger partial charge in [-0.05, 0) is 43.5 Å². The van der Waals surface area contributed by atoms with E-state index in [0.29, 0.717) is 12.8 Å². The maximum atomic E-state index is 13.2. The number of halogens is 1. The summed E-state index contributed by atoms with van der Waals surface area (Å²) in [5.41, 5.74) is 0.215. The molecule has 0 spiro atoms. The first kappa shape index (κ1) is 14.0. The zero-order valence-electron chi connectivity index (χ0n) is 10.3. The predicted octanol–water partition coefficient (Wildman–Crippen LogP) is 1.37. The molecule has 5 nitrogen and oxygen atoms in total. The number of hydrogen-bond donors (Lipinski definition) is 1. The smallest absolute Gasteiger partial charge is 0.322 e. The van der Waals surface area contributed by atoms with E-state index in [4.69, 9.17) is 5.11 Å². The van der Waals surface area contributed by atoms with Gasteiger partial charge in [-0.25, -0.2) is 12.8 Å². The summed E-state index contributed by atoms with van der Waals surface area (Å²) in [6.07, 6.45) is 0.811. The number of hydrogen-bond acceptors (Lipinski definition) is 3. The van der Waals surface area contributed by atoms with Crippen LogP contribution < -0.4 is 0 Å². The van der Waals surface area contributed by atoms with Gasteiger partial charge in [0.25, 0.3) is 0 Å². The van der Waals surface area contributed by atoms with Crippen LogP contribution >= 0.6 is 0 Å². The molecular weight excluding hydrogens is 273 g/mol. The molecule has 1 aromatic rings. The molecule has 1 atom stereocenters. The fourth-order valence-electron chi connectivity index (χ4n) is 2.19. The van der Waals surface area contributed by atoms with Crippen molar-refractivity contribution in [3.63, 3.8) is 0 Å². The number of rotatable bonds is 3. The van der Waals surface area contributed by atoms with E-state index in [1.54, 1.807) is 0 Å². The monoisotopic (exact) mass is 287 g/mol. The molecule has 1 saturated heterocycles. The maximum absolute atomic E-state index is 13.2. The summed E-state index contributed by atoms with van der Waals surface area (Å²) in [5, 5.41) is 9.03. The molecule has 0 amide bonds. The molecule has 0 unspecified atom stereocenters. The molecule has 19 heavy (non-hydrogen) atoms. The molecule has 7 heteroatoms. The second kappa shape index (κ2) is 4.90. The first-order chi connectivity index (χ1) is 8.84. The lowest BCUT2D eigenvalue weighted by atomic mass is 10.2. The maximum Gasteiger partial charge on any atom is 0.322 e. The zero-order chi connectivity index (χ0) is 14.2. The van der Waals surface area contributed by atoms with Crippen LogP contribution in [0.2, 0.25) is 0 Å². The molecular formula is C12H14FNO4S. The highest BCUT2D eigenvalue weighted by atomic mass is 32.2. The normalized spacial score (nSPS) is 20.6. The Morgan fingerprint density at radius 1 is 1.47 bits per heavy atom. The van der Waals surface area contributed by atoms with E-state index in [1.807, 2.05) is 0 Å². The molecule has 1 aliphatic rings. The summed E-state index contributed by atoms with van der Waals surface area (Å²) in [4.78, 5) is 11.0.